The number of aromatic amines is 1. The number of H-pyrrole nitrogens is 1. The number of aryl methyl sites for hydroxylation is 1. The second-order valence-electron chi connectivity index (χ2n) is 8.63. The van der Waals surface area contributed by atoms with Crippen molar-refractivity contribution in [2.45, 2.75) is 46.6 Å². The summed E-state index contributed by atoms with van der Waals surface area (Å²) in [5.74, 6) is 0.143. The lowest BCUT2D eigenvalue weighted by molar-refractivity contribution is -0.129. The van der Waals surface area contributed by atoms with Crippen LogP contribution in [0, 0.1) is 6.92 Å². The fourth-order valence-electron chi connectivity index (χ4n) is 3.78. The molecule has 0 bridgehead atoms. The van der Waals surface area contributed by atoms with Crippen LogP contribution in [0.3, 0.4) is 0 Å². The third kappa shape index (κ3) is 5.22. The highest BCUT2D eigenvalue weighted by molar-refractivity contribution is 5.87. The van der Waals surface area contributed by atoms with Crippen LogP contribution in [0.15, 0.2) is 18.2 Å². The minimum absolute atomic E-state index is 0.143. The van der Waals surface area contributed by atoms with Gasteiger partial charge in [-0.15, -0.1) is 0 Å². The molecule has 7 heteroatoms. The van der Waals surface area contributed by atoms with E-state index in [1.54, 1.807) is 6.92 Å². The van der Waals surface area contributed by atoms with Crippen LogP contribution in [0.2, 0.25) is 0 Å². The maximum absolute atomic E-state index is 11.8. The fraction of sp³-hybridized carbons (Fsp3) is 0.545. The molecule has 0 unspecified atom stereocenters. The van der Waals surface area contributed by atoms with Gasteiger partial charge in [-0.05, 0) is 51.8 Å². The number of carbonyl (C=O) groups excluding carboxylic acids is 2. The van der Waals surface area contributed by atoms with Crippen LogP contribution in [0.1, 0.15) is 39.0 Å². The van der Waals surface area contributed by atoms with Gasteiger partial charge in [0.25, 0.3) is 0 Å². The molecule has 1 aromatic heterocycles. The van der Waals surface area contributed by atoms with E-state index in [2.05, 4.69) is 40.3 Å². The summed E-state index contributed by atoms with van der Waals surface area (Å²) in [6.45, 7) is 13.0. The highest BCUT2D eigenvalue weighted by Crippen LogP contribution is 2.27. The number of benzene rings is 1. The van der Waals surface area contributed by atoms with Gasteiger partial charge < -0.3 is 24.8 Å². The van der Waals surface area contributed by atoms with E-state index in [4.69, 9.17) is 4.74 Å². The largest absolute Gasteiger partial charge is 0.444 e. The number of rotatable bonds is 4. The van der Waals surface area contributed by atoms with Crippen molar-refractivity contribution in [2.24, 2.45) is 0 Å². The van der Waals surface area contributed by atoms with Crippen LogP contribution in [-0.4, -0.2) is 60.2 Å². The molecule has 2 heterocycles. The summed E-state index contributed by atoms with van der Waals surface area (Å²) in [5, 5.41) is 4.01. The number of hydrogen-bond donors (Lipinski definition) is 2. The van der Waals surface area contributed by atoms with E-state index in [9.17, 15) is 9.59 Å². The SMILES string of the molecule is CC(=O)N1CCN(c2ccc3c(CCNC(=O)OC(C)(C)C)c(C)[nH]c3c2)CC1. The van der Waals surface area contributed by atoms with Crippen LogP contribution in [-0.2, 0) is 16.0 Å². The molecule has 7 nitrogen and oxygen atoms in total. The minimum atomic E-state index is -0.493. The zero-order chi connectivity index (χ0) is 21.2. The molecule has 29 heavy (non-hydrogen) atoms. The second-order valence-corrected chi connectivity index (χ2v) is 8.63. The van der Waals surface area contributed by atoms with Crippen molar-refractivity contribution >= 4 is 28.6 Å². The molecule has 158 valence electrons. The Labute approximate surface area is 172 Å². The third-order valence-electron chi connectivity index (χ3n) is 5.24. The van der Waals surface area contributed by atoms with Crippen molar-refractivity contribution in [3.05, 3.63) is 29.5 Å². The highest BCUT2D eigenvalue weighted by atomic mass is 16.6. The molecule has 0 atom stereocenters. The molecule has 2 aromatic rings. The van der Waals surface area contributed by atoms with Gasteiger partial charge in [-0.3, -0.25) is 4.79 Å². The Morgan fingerprint density at radius 3 is 2.48 bits per heavy atom. The molecule has 3 rings (SSSR count). The molecule has 2 N–H and O–H groups in total. The van der Waals surface area contributed by atoms with E-state index in [0.29, 0.717) is 6.54 Å². The van der Waals surface area contributed by atoms with Crippen molar-refractivity contribution in [1.29, 1.82) is 0 Å². The number of aromatic nitrogens is 1. The molecular formula is C22H32N4O3. The summed E-state index contributed by atoms with van der Waals surface area (Å²) in [6.07, 6.45) is 0.351. The van der Waals surface area contributed by atoms with Gasteiger partial charge in [-0.1, -0.05) is 6.07 Å². The molecule has 2 amide bonds. The number of carbonyl (C=O) groups is 2. The lowest BCUT2D eigenvalue weighted by Gasteiger charge is -2.35. The quantitative estimate of drug-likeness (QED) is 0.826. The van der Waals surface area contributed by atoms with Crippen molar-refractivity contribution in [3.63, 3.8) is 0 Å². The molecule has 0 spiro atoms. The first kappa shape index (κ1) is 21.0. The summed E-state index contributed by atoms with van der Waals surface area (Å²) in [5.41, 5.74) is 4.10. The Balaban J connectivity index is 1.65. The Hall–Kier alpha value is -2.70. The minimum Gasteiger partial charge on any atom is -0.444 e. The van der Waals surface area contributed by atoms with Crippen LogP contribution in [0.5, 0.6) is 0 Å². The van der Waals surface area contributed by atoms with E-state index in [-0.39, 0.29) is 12.0 Å². The Morgan fingerprint density at radius 2 is 1.86 bits per heavy atom. The number of nitrogens with zero attached hydrogens (tertiary/aromatic N) is 2. The maximum atomic E-state index is 11.8. The molecule has 0 saturated carbocycles. The number of hydrogen-bond acceptors (Lipinski definition) is 4. The predicted molar refractivity (Wildman–Crippen MR) is 115 cm³/mol. The van der Waals surface area contributed by atoms with Crippen LogP contribution in [0.4, 0.5) is 10.5 Å². The van der Waals surface area contributed by atoms with Crippen LogP contribution < -0.4 is 10.2 Å². The van der Waals surface area contributed by atoms with Gasteiger partial charge in [0.2, 0.25) is 5.91 Å². The topological polar surface area (TPSA) is 77.7 Å². The number of piperazine rings is 1. The van der Waals surface area contributed by atoms with E-state index >= 15 is 0 Å². The first-order chi connectivity index (χ1) is 13.6. The van der Waals surface area contributed by atoms with Gasteiger partial charge in [0.1, 0.15) is 5.60 Å². The van der Waals surface area contributed by atoms with Gasteiger partial charge >= 0.3 is 6.09 Å². The number of alkyl carbamates (subject to hydrolysis) is 1. The zero-order valence-corrected chi connectivity index (χ0v) is 18.1. The Bertz CT molecular complexity index is 889. The number of nitrogens with one attached hydrogen (secondary N) is 2. The molecule has 0 aliphatic carbocycles. The van der Waals surface area contributed by atoms with Gasteiger partial charge in [0, 0.05) is 61.9 Å². The number of ether oxygens (including phenoxy) is 1. The lowest BCUT2D eigenvalue weighted by Crippen LogP contribution is -2.48. The fourth-order valence-corrected chi connectivity index (χ4v) is 3.78. The number of fused-ring (bicyclic) bond motifs is 1. The molecule has 1 aliphatic rings. The predicted octanol–water partition coefficient (Wildman–Crippen LogP) is 3.21. The first-order valence-electron chi connectivity index (χ1n) is 10.2. The molecule has 1 fully saturated rings. The number of anilines is 1. The summed E-state index contributed by atoms with van der Waals surface area (Å²) in [4.78, 5) is 31.1. The maximum Gasteiger partial charge on any atom is 0.407 e. The Kier molecular flexibility index (Phi) is 6.05. The highest BCUT2D eigenvalue weighted by Gasteiger charge is 2.20. The average Bonchev–Trinajstić information content (AvgIpc) is 2.95. The van der Waals surface area contributed by atoms with Crippen molar-refractivity contribution in [3.8, 4) is 0 Å². The van der Waals surface area contributed by atoms with Crippen LogP contribution in [0.25, 0.3) is 10.9 Å². The van der Waals surface area contributed by atoms with E-state index in [1.165, 1.54) is 16.6 Å². The summed E-state index contributed by atoms with van der Waals surface area (Å²) in [6, 6.07) is 6.47. The van der Waals surface area contributed by atoms with E-state index < -0.39 is 5.60 Å². The zero-order valence-electron chi connectivity index (χ0n) is 18.1. The smallest absolute Gasteiger partial charge is 0.407 e. The molecule has 0 radical (unpaired) electrons. The summed E-state index contributed by atoms with van der Waals surface area (Å²) in [7, 11) is 0. The lowest BCUT2D eigenvalue weighted by atomic mass is 10.1. The van der Waals surface area contributed by atoms with Gasteiger partial charge in [-0.2, -0.15) is 0 Å². The molecule has 1 aromatic carbocycles. The Morgan fingerprint density at radius 1 is 1.17 bits per heavy atom. The average molecular weight is 401 g/mol. The first-order valence-corrected chi connectivity index (χ1v) is 10.2. The summed E-state index contributed by atoms with van der Waals surface area (Å²) < 4.78 is 5.29. The second kappa shape index (κ2) is 8.35. The van der Waals surface area contributed by atoms with Crippen molar-refractivity contribution in [2.75, 3.05) is 37.6 Å². The van der Waals surface area contributed by atoms with Crippen molar-refractivity contribution in [1.82, 2.24) is 15.2 Å². The monoisotopic (exact) mass is 400 g/mol. The van der Waals surface area contributed by atoms with Crippen LogP contribution >= 0.6 is 0 Å². The van der Waals surface area contributed by atoms with E-state index in [1.807, 2.05) is 25.7 Å². The molecule has 1 aliphatic heterocycles. The summed E-state index contributed by atoms with van der Waals surface area (Å²) >= 11 is 0. The standard InChI is InChI=1S/C22H32N4O3/c1-15-18(8-9-23-21(28)29-22(3,4)5)19-7-6-17(14-20(19)24-15)26-12-10-25(11-13-26)16(2)27/h6-7,14,24H,8-13H2,1-5H3,(H,23,28). The normalized spacial score (nSPS) is 14.9. The van der Waals surface area contributed by atoms with E-state index in [0.717, 1.165) is 43.8 Å². The van der Waals surface area contributed by atoms with Gasteiger partial charge in [0.15, 0.2) is 0 Å². The molecular weight excluding hydrogens is 368 g/mol. The van der Waals surface area contributed by atoms with Crippen molar-refractivity contribution < 1.29 is 14.3 Å². The molecule has 1 saturated heterocycles. The van der Waals surface area contributed by atoms with Gasteiger partial charge in [-0.25, -0.2) is 4.79 Å². The third-order valence-corrected chi connectivity index (χ3v) is 5.24. The van der Waals surface area contributed by atoms with Gasteiger partial charge in [0.05, 0.1) is 0 Å². The number of amides is 2.